The molecule has 0 saturated carbocycles. The molecule has 4 N–H and O–H groups in total. The molecule has 9 heteroatoms. The summed E-state index contributed by atoms with van der Waals surface area (Å²) in [5, 5.41) is 3.55. The largest absolute Gasteiger partial charge is 0.378 e. The van der Waals surface area contributed by atoms with E-state index >= 15 is 0 Å². The zero-order valence-corrected chi connectivity index (χ0v) is 12.3. The van der Waals surface area contributed by atoms with Gasteiger partial charge in [-0.2, -0.15) is 16.8 Å². The maximum atomic E-state index is 11.6. The highest BCUT2D eigenvalue weighted by atomic mass is 32.2. The van der Waals surface area contributed by atoms with Crippen LogP contribution in [0.4, 0.5) is 5.69 Å². The van der Waals surface area contributed by atoms with E-state index < -0.39 is 20.4 Å². The molecular weight excluding hydrogens is 316 g/mol. The minimum atomic E-state index is -4.49. The van der Waals surface area contributed by atoms with Gasteiger partial charge >= 0.3 is 0 Å². The van der Waals surface area contributed by atoms with Crippen LogP contribution in [0.2, 0.25) is 0 Å². The first-order valence-corrected chi connectivity index (χ1v) is 8.26. The molecule has 2 aromatic carbocycles. The average Bonchev–Trinajstić information content (AvgIpc) is 2.42. The van der Waals surface area contributed by atoms with Gasteiger partial charge in [-0.05, 0) is 11.5 Å². The van der Waals surface area contributed by atoms with Crippen molar-refractivity contribution in [3.05, 3.63) is 36.4 Å². The third kappa shape index (κ3) is 3.39. The van der Waals surface area contributed by atoms with Gasteiger partial charge in [0.15, 0.2) is 0 Å². The maximum Gasteiger partial charge on any atom is 0.297 e. The fourth-order valence-electron chi connectivity index (χ4n) is 1.90. The molecule has 0 aliphatic carbocycles. The molecular formula is C12H12N2O5S2. The van der Waals surface area contributed by atoms with E-state index in [9.17, 15) is 21.4 Å². The third-order valence-corrected chi connectivity index (χ3v) is 4.33. The highest BCUT2D eigenvalue weighted by molar-refractivity contribution is 7.86. The zero-order chi connectivity index (χ0) is 15.6. The van der Waals surface area contributed by atoms with Crippen molar-refractivity contribution < 1.29 is 21.4 Å². The van der Waals surface area contributed by atoms with Crippen LogP contribution in [0, 0.1) is 0 Å². The first-order chi connectivity index (χ1) is 9.80. The molecule has 2 rings (SSSR count). The van der Waals surface area contributed by atoms with Gasteiger partial charge in [-0.3, -0.25) is 10.3 Å². The van der Waals surface area contributed by atoms with E-state index in [0.29, 0.717) is 10.8 Å². The van der Waals surface area contributed by atoms with Crippen molar-refractivity contribution in [1.82, 2.24) is 0 Å². The number of nitrogens with two attached hydrogens (primary N) is 1. The van der Waals surface area contributed by atoms with Gasteiger partial charge < -0.3 is 5.32 Å². The maximum absolute atomic E-state index is 11.6. The standard InChI is InChI=1S/C12H12N2O5S2/c13-11(20(15)16)7-14-10-6-5-8-3-1-2-4-9(8)12(10)21(17,18)19/h1-6,14H,7,13H2,(H,17,18,19). The SMILES string of the molecule is NC(CNc1ccc2ccccc2c1S(=O)(=O)O)=S(=O)=O. The van der Waals surface area contributed by atoms with Crippen LogP contribution < -0.4 is 11.1 Å². The minimum Gasteiger partial charge on any atom is -0.378 e. The van der Waals surface area contributed by atoms with Gasteiger partial charge in [-0.1, -0.05) is 30.3 Å². The van der Waals surface area contributed by atoms with Crippen LogP contribution in [0.1, 0.15) is 0 Å². The number of rotatable bonds is 4. The molecule has 0 heterocycles. The second kappa shape index (κ2) is 5.82. The Bertz CT molecular complexity index is 925. The Morgan fingerprint density at radius 3 is 2.48 bits per heavy atom. The highest BCUT2D eigenvalue weighted by Gasteiger charge is 2.19. The zero-order valence-electron chi connectivity index (χ0n) is 10.6. The molecule has 21 heavy (non-hydrogen) atoms. The fourth-order valence-corrected chi connectivity index (χ4v) is 2.97. The van der Waals surface area contributed by atoms with Gasteiger partial charge in [0.1, 0.15) is 9.88 Å². The van der Waals surface area contributed by atoms with Crippen LogP contribution >= 0.6 is 0 Å². The third-order valence-electron chi connectivity index (χ3n) is 2.80. The van der Waals surface area contributed by atoms with Crippen molar-refractivity contribution >= 4 is 41.9 Å². The number of nitrogens with one attached hydrogen (secondary N) is 1. The summed E-state index contributed by atoms with van der Waals surface area (Å²) in [6, 6.07) is 9.69. The summed E-state index contributed by atoms with van der Waals surface area (Å²) >= 11 is 0. The summed E-state index contributed by atoms with van der Waals surface area (Å²) in [7, 11) is -7.06. The lowest BCUT2D eigenvalue weighted by Gasteiger charge is -2.12. The van der Waals surface area contributed by atoms with Crippen LogP contribution in [0.25, 0.3) is 10.8 Å². The van der Waals surface area contributed by atoms with E-state index in [-0.39, 0.29) is 22.1 Å². The molecule has 0 spiro atoms. The Morgan fingerprint density at radius 2 is 1.86 bits per heavy atom. The molecule has 0 radical (unpaired) electrons. The molecule has 0 unspecified atom stereocenters. The van der Waals surface area contributed by atoms with Gasteiger partial charge in [0, 0.05) is 5.39 Å². The van der Waals surface area contributed by atoms with E-state index in [1.54, 1.807) is 30.3 Å². The molecule has 0 saturated heterocycles. The summed E-state index contributed by atoms with van der Waals surface area (Å²) in [4.78, 5) is -0.686. The molecule has 0 aliphatic heterocycles. The van der Waals surface area contributed by atoms with Crippen LogP contribution in [-0.4, -0.2) is 32.9 Å². The average molecular weight is 328 g/mol. The summed E-state index contributed by atoms with van der Waals surface area (Å²) in [5.74, 6) is 0. The molecule has 0 amide bonds. The quantitative estimate of drug-likeness (QED) is 0.550. The normalized spacial score (nSPS) is 11.3. The minimum absolute atomic E-state index is 0.0737. The first-order valence-electron chi connectivity index (χ1n) is 5.74. The first kappa shape index (κ1) is 15.4. The second-order valence-corrected chi connectivity index (χ2v) is 6.55. The van der Waals surface area contributed by atoms with E-state index in [4.69, 9.17) is 5.73 Å². The van der Waals surface area contributed by atoms with Crippen molar-refractivity contribution in [1.29, 1.82) is 0 Å². The van der Waals surface area contributed by atoms with Crippen LogP contribution in [0.5, 0.6) is 0 Å². The Morgan fingerprint density at radius 1 is 1.19 bits per heavy atom. The van der Waals surface area contributed by atoms with E-state index in [1.807, 2.05) is 0 Å². The Labute approximate surface area is 122 Å². The summed E-state index contributed by atoms with van der Waals surface area (Å²) < 4.78 is 53.9. The molecule has 112 valence electrons. The van der Waals surface area contributed by atoms with Gasteiger partial charge in [-0.25, -0.2) is 0 Å². The van der Waals surface area contributed by atoms with Gasteiger partial charge in [0.05, 0.1) is 12.2 Å². The van der Waals surface area contributed by atoms with Crippen molar-refractivity contribution in [2.24, 2.45) is 5.73 Å². The number of fused-ring (bicyclic) bond motifs is 1. The number of hydrogen-bond acceptors (Lipinski definition) is 5. The highest BCUT2D eigenvalue weighted by Crippen LogP contribution is 2.30. The number of anilines is 1. The van der Waals surface area contributed by atoms with Crippen molar-refractivity contribution in [3.8, 4) is 0 Å². The van der Waals surface area contributed by atoms with Gasteiger partial charge in [0.2, 0.25) is 10.3 Å². The number of benzene rings is 2. The van der Waals surface area contributed by atoms with Crippen molar-refractivity contribution in [3.63, 3.8) is 0 Å². The van der Waals surface area contributed by atoms with E-state index in [2.05, 4.69) is 5.32 Å². The van der Waals surface area contributed by atoms with Crippen LogP contribution in [0.15, 0.2) is 41.3 Å². The Kier molecular flexibility index (Phi) is 4.28. The van der Waals surface area contributed by atoms with Crippen molar-refractivity contribution in [2.45, 2.75) is 4.90 Å². The summed E-state index contributed by atoms with van der Waals surface area (Å²) in [5.41, 5.74) is 5.34. The fraction of sp³-hybridized carbons (Fsp3) is 0.0833. The van der Waals surface area contributed by atoms with E-state index in [0.717, 1.165) is 0 Å². The molecule has 7 nitrogen and oxygen atoms in total. The van der Waals surface area contributed by atoms with Crippen LogP contribution in [0.3, 0.4) is 0 Å². The molecule has 0 atom stereocenters. The molecule has 2 aromatic rings. The Hall–Kier alpha value is -1.94. The molecule has 0 fully saturated rings. The predicted octanol–water partition coefficient (Wildman–Crippen LogP) is 0.466. The van der Waals surface area contributed by atoms with Gasteiger partial charge in [0.25, 0.3) is 10.1 Å². The monoisotopic (exact) mass is 328 g/mol. The van der Waals surface area contributed by atoms with E-state index in [1.165, 1.54) is 6.07 Å². The number of hydrogen-bond donors (Lipinski definition) is 3. The van der Waals surface area contributed by atoms with Gasteiger partial charge in [-0.15, -0.1) is 0 Å². The van der Waals surface area contributed by atoms with Crippen LogP contribution in [-0.2, 0) is 20.4 Å². The second-order valence-electron chi connectivity index (χ2n) is 4.19. The smallest absolute Gasteiger partial charge is 0.297 e. The summed E-state index contributed by atoms with van der Waals surface area (Å²) in [6.07, 6.45) is 0. The molecule has 0 bridgehead atoms. The molecule has 0 aromatic heterocycles. The lowest BCUT2D eigenvalue weighted by molar-refractivity contribution is 0.484. The Balaban J connectivity index is 2.62. The summed E-state index contributed by atoms with van der Waals surface area (Å²) in [6.45, 7) is -0.267. The molecule has 0 aliphatic rings. The lowest BCUT2D eigenvalue weighted by Crippen LogP contribution is -2.24. The van der Waals surface area contributed by atoms with Crippen molar-refractivity contribution in [2.75, 3.05) is 11.9 Å². The topological polar surface area (TPSA) is 127 Å². The lowest BCUT2D eigenvalue weighted by atomic mass is 10.1. The predicted molar refractivity (Wildman–Crippen MR) is 80.4 cm³/mol.